The van der Waals surface area contributed by atoms with E-state index >= 15 is 0 Å². The number of phenolic OH excluding ortho intramolecular Hbond substituents is 1. The minimum Gasteiger partial charge on any atom is -0.504 e. The normalized spacial score (nSPS) is 19.7. The molecule has 0 radical (unpaired) electrons. The SMILES string of the molecule is COC(=O)C1=C(C)N(C2CCCCC2)C(=O)C1=Cc1cccc(OC)c1O. The van der Waals surface area contributed by atoms with E-state index in [-0.39, 0.29) is 28.8 Å². The minimum atomic E-state index is -0.548. The maximum atomic E-state index is 13.2. The van der Waals surface area contributed by atoms with Gasteiger partial charge in [0.25, 0.3) is 5.91 Å². The summed E-state index contributed by atoms with van der Waals surface area (Å²) >= 11 is 0. The third kappa shape index (κ3) is 3.44. The first kappa shape index (κ1) is 19.0. The summed E-state index contributed by atoms with van der Waals surface area (Å²) in [5.74, 6) is -0.535. The third-order valence-electron chi connectivity index (χ3n) is 5.32. The highest BCUT2D eigenvalue weighted by Crippen LogP contribution is 2.38. The molecule has 0 unspecified atom stereocenters. The molecule has 1 N–H and O–H groups in total. The second-order valence-corrected chi connectivity index (χ2v) is 6.88. The number of aromatic hydroxyl groups is 1. The minimum absolute atomic E-state index is 0.0710. The van der Waals surface area contributed by atoms with E-state index in [1.54, 1.807) is 36.1 Å². The first-order chi connectivity index (χ1) is 13.0. The maximum Gasteiger partial charge on any atom is 0.340 e. The second kappa shape index (κ2) is 7.86. The van der Waals surface area contributed by atoms with E-state index in [9.17, 15) is 14.7 Å². The molecule has 1 amide bonds. The van der Waals surface area contributed by atoms with Gasteiger partial charge in [0.1, 0.15) is 0 Å². The summed E-state index contributed by atoms with van der Waals surface area (Å²) in [7, 11) is 2.76. The van der Waals surface area contributed by atoms with Crippen molar-refractivity contribution in [3.63, 3.8) is 0 Å². The standard InChI is InChI=1S/C21H25NO5/c1-13-18(21(25)27-3)16(12-14-8-7-11-17(26-2)19(14)23)20(24)22(13)15-9-5-4-6-10-15/h7-8,11-12,15,23H,4-6,9-10H2,1-3H3. The number of ether oxygens (including phenoxy) is 2. The molecule has 27 heavy (non-hydrogen) atoms. The van der Waals surface area contributed by atoms with Gasteiger partial charge in [-0.2, -0.15) is 0 Å². The van der Waals surface area contributed by atoms with E-state index < -0.39 is 5.97 Å². The molecule has 2 aliphatic rings. The lowest BCUT2D eigenvalue weighted by atomic mass is 9.94. The number of esters is 1. The quantitative estimate of drug-likeness (QED) is 0.648. The number of para-hydroxylation sites is 1. The van der Waals surface area contributed by atoms with E-state index in [0.717, 1.165) is 25.7 Å². The van der Waals surface area contributed by atoms with Gasteiger partial charge in [0, 0.05) is 17.3 Å². The van der Waals surface area contributed by atoms with Crippen LogP contribution in [0.4, 0.5) is 0 Å². The summed E-state index contributed by atoms with van der Waals surface area (Å²) < 4.78 is 10.1. The molecule has 0 aromatic heterocycles. The molecule has 0 spiro atoms. The lowest BCUT2D eigenvalue weighted by molar-refractivity contribution is -0.136. The van der Waals surface area contributed by atoms with Crippen molar-refractivity contribution in [1.82, 2.24) is 4.90 Å². The van der Waals surface area contributed by atoms with Gasteiger partial charge in [-0.1, -0.05) is 31.4 Å². The number of nitrogens with zero attached hydrogens (tertiary/aromatic N) is 1. The fraction of sp³-hybridized carbons (Fsp3) is 0.429. The fourth-order valence-corrected chi connectivity index (χ4v) is 3.95. The van der Waals surface area contributed by atoms with Crippen LogP contribution in [0.1, 0.15) is 44.6 Å². The number of allylic oxidation sites excluding steroid dienone is 1. The van der Waals surface area contributed by atoms with Gasteiger partial charge in [0.2, 0.25) is 0 Å². The third-order valence-corrected chi connectivity index (χ3v) is 5.32. The van der Waals surface area contributed by atoms with Gasteiger partial charge in [0.15, 0.2) is 11.5 Å². The molecule has 1 fully saturated rings. The zero-order valence-electron chi connectivity index (χ0n) is 15.9. The van der Waals surface area contributed by atoms with Crippen molar-refractivity contribution in [2.45, 2.75) is 45.1 Å². The second-order valence-electron chi connectivity index (χ2n) is 6.88. The Morgan fingerprint density at radius 3 is 2.56 bits per heavy atom. The molecular weight excluding hydrogens is 346 g/mol. The number of benzene rings is 1. The highest BCUT2D eigenvalue weighted by Gasteiger charge is 2.40. The van der Waals surface area contributed by atoms with Crippen LogP contribution in [0.3, 0.4) is 0 Å². The lowest BCUT2D eigenvalue weighted by Crippen LogP contribution is -2.37. The number of phenols is 1. The molecule has 3 rings (SSSR count). The van der Waals surface area contributed by atoms with Crippen molar-refractivity contribution in [2.75, 3.05) is 14.2 Å². The van der Waals surface area contributed by atoms with Crippen molar-refractivity contribution in [3.05, 3.63) is 40.6 Å². The topological polar surface area (TPSA) is 76.1 Å². The Labute approximate surface area is 159 Å². The summed E-state index contributed by atoms with van der Waals surface area (Å²) in [6, 6.07) is 5.11. The molecule has 144 valence electrons. The Kier molecular flexibility index (Phi) is 5.54. The Bertz CT molecular complexity index is 818. The van der Waals surface area contributed by atoms with Crippen molar-refractivity contribution in [3.8, 4) is 11.5 Å². The van der Waals surface area contributed by atoms with E-state index in [4.69, 9.17) is 9.47 Å². The molecule has 6 heteroatoms. The summed E-state index contributed by atoms with van der Waals surface area (Å²) in [4.78, 5) is 27.4. The zero-order valence-corrected chi connectivity index (χ0v) is 15.9. The van der Waals surface area contributed by atoms with Gasteiger partial charge >= 0.3 is 5.97 Å². The van der Waals surface area contributed by atoms with Crippen LogP contribution >= 0.6 is 0 Å². The molecule has 1 saturated carbocycles. The van der Waals surface area contributed by atoms with Gasteiger partial charge in [0.05, 0.1) is 25.4 Å². The first-order valence-corrected chi connectivity index (χ1v) is 9.20. The first-order valence-electron chi connectivity index (χ1n) is 9.20. The van der Waals surface area contributed by atoms with Gasteiger partial charge in [-0.25, -0.2) is 4.79 Å². The van der Waals surface area contributed by atoms with E-state index in [1.165, 1.54) is 20.6 Å². The lowest BCUT2D eigenvalue weighted by Gasteiger charge is -2.32. The van der Waals surface area contributed by atoms with Crippen LogP contribution in [0.5, 0.6) is 11.5 Å². The number of amides is 1. The van der Waals surface area contributed by atoms with Crippen molar-refractivity contribution in [1.29, 1.82) is 0 Å². The summed E-state index contributed by atoms with van der Waals surface area (Å²) in [5.41, 5.74) is 1.54. The number of rotatable bonds is 4. The van der Waals surface area contributed by atoms with Crippen LogP contribution in [0.15, 0.2) is 35.0 Å². The molecule has 1 aliphatic carbocycles. The number of hydrogen-bond donors (Lipinski definition) is 1. The Hall–Kier alpha value is -2.76. The van der Waals surface area contributed by atoms with E-state index in [0.29, 0.717) is 17.0 Å². The fourth-order valence-electron chi connectivity index (χ4n) is 3.95. The number of carbonyl (C=O) groups excluding carboxylic acids is 2. The van der Waals surface area contributed by atoms with Crippen LogP contribution in [-0.2, 0) is 14.3 Å². The van der Waals surface area contributed by atoms with Crippen LogP contribution < -0.4 is 4.74 Å². The molecule has 0 atom stereocenters. The molecule has 1 aromatic rings. The maximum absolute atomic E-state index is 13.2. The number of methoxy groups -OCH3 is 2. The number of hydrogen-bond acceptors (Lipinski definition) is 5. The Morgan fingerprint density at radius 1 is 1.22 bits per heavy atom. The van der Waals surface area contributed by atoms with Crippen LogP contribution in [0.2, 0.25) is 0 Å². The predicted molar refractivity (Wildman–Crippen MR) is 101 cm³/mol. The van der Waals surface area contributed by atoms with Gasteiger partial charge in [-0.05, 0) is 31.9 Å². The summed E-state index contributed by atoms with van der Waals surface area (Å²) in [6.07, 6.45) is 6.71. The van der Waals surface area contributed by atoms with Crippen molar-refractivity contribution < 1.29 is 24.2 Å². The highest BCUT2D eigenvalue weighted by molar-refractivity contribution is 6.16. The van der Waals surface area contributed by atoms with Gasteiger partial charge < -0.3 is 19.5 Å². The van der Waals surface area contributed by atoms with E-state index in [1.807, 2.05) is 0 Å². The van der Waals surface area contributed by atoms with Crippen molar-refractivity contribution in [2.24, 2.45) is 0 Å². The predicted octanol–water partition coefficient (Wildman–Crippen LogP) is 3.41. The zero-order chi connectivity index (χ0) is 19.6. The Morgan fingerprint density at radius 2 is 1.93 bits per heavy atom. The molecule has 1 aliphatic heterocycles. The largest absolute Gasteiger partial charge is 0.504 e. The Balaban J connectivity index is 2.08. The number of carbonyl (C=O) groups is 2. The molecule has 0 saturated heterocycles. The van der Waals surface area contributed by atoms with Crippen molar-refractivity contribution >= 4 is 18.0 Å². The van der Waals surface area contributed by atoms with Gasteiger partial charge in [-0.15, -0.1) is 0 Å². The average molecular weight is 371 g/mol. The monoisotopic (exact) mass is 371 g/mol. The molecule has 1 heterocycles. The molecular formula is C21H25NO5. The van der Waals surface area contributed by atoms with E-state index in [2.05, 4.69) is 0 Å². The highest BCUT2D eigenvalue weighted by atomic mass is 16.5. The average Bonchev–Trinajstić information content (AvgIpc) is 2.93. The van der Waals surface area contributed by atoms with Gasteiger partial charge in [-0.3, -0.25) is 4.79 Å². The molecule has 1 aromatic carbocycles. The smallest absolute Gasteiger partial charge is 0.340 e. The van der Waals surface area contributed by atoms with Crippen LogP contribution in [0, 0.1) is 0 Å². The van der Waals surface area contributed by atoms with Crippen LogP contribution in [0.25, 0.3) is 6.08 Å². The molecule has 0 bridgehead atoms. The summed E-state index contributed by atoms with van der Waals surface area (Å²) in [5, 5.41) is 10.4. The summed E-state index contributed by atoms with van der Waals surface area (Å²) in [6.45, 7) is 1.78. The molecule has 6 nitrogen and oxygen atoms in total. The van der Waals surface area contributed by atoms with Crippen LogP contribution in [-0.4, -0.2) is 42.1 Å².